The first-order chi connectivity index (χ1) is 10.8. The zero-order valence-electron chi connectivity index (χ0n) is 12.8. The van der Waals surface area contributed by atoms with E-state index in [1.807, 2.05) is 11.4 Å². The third-order valence-corrected chi connectivity index (χ3v) is 4.58. The SMILES string of the molecule is O=C(COC1CCCCC1)NCCCNC(=O)c1cccs1. The summed E-state index contributed by atoms with van der Waals surface area (Å²) in [6.07, 6.45) is 6.80. The van der Waals surface area contributed by atoms with Gasteiger partial charge in [-0.25, -0.2) is 0 Å². The van der Waals surface area contributed by atoms with E-state index in [1.165, 1.54) is 30.6 Å². The molecule has 22 heavy (non-hydrogen) atoms. The first-order valence-corrected chi connectivity index (χ1v) is 8.83. The lowest BCUT2D eigenvalue weighted by Gasteiger charge is -2.21. The van der Waals surface area contributed by atoms with Crippen molar-refractivity contribution >= 4 is 23.2 Å². The second-order valence-corrected chi connectivity index (χ2v) is 6.46. The lowest BCUT2D eigenvalue weighted by molar-refractivity contribution is -0.128. The van der Waals surface area contributed by atoms with Crippen molar-refractivity contribution < 1.29 is 14.3 Å². The molecule has 0 saturated heterocycles. The topological polar surface area (TPSA) is 67.4 Å². The maximum atomic E-state index is 11.7. The molecule has 1 aromatic heterocycles. The third-order valence-electron chi connectivity index (χ3n) is 3.71. The Morgan fingerprint density at radius 1 is 1.18 bits per heavy atom. The average molecular weight is 324 g/mol. The summed E-state index contributed by atoms with van der Waals surface area (Å²) >= 11 is 1.42. The monoisotopic (exact) mass is 324 g/mol. The standard InChI is InChI=1S/C16H24N2O3S/c19-15(12-21-13-6-2-1-3-7-13)17-9-5-10-18-16(20)14-8-4-11-22-14/h4,8,11,13H,1-3,5-7,9-10,12H2,(H,17,19)(H,18,20). The van der Waals surface area contributed by atoms with Crippen LogP contribution in [0, 0.1) is 0 Å². The fourth-order valence-electron chi connectivity index (χ4n) is 2.49. The Morgan fingerprint density at radius 2 is 1.95 bits per heavy atom. The zero-order valence-corrected chi connectivity index (χ0v) is 13.6. The third kappa shape index (κ3) is 6.15. The Balaban J connectivity index is 1.47. The molecule has 0 atom stereocenters. The number of carbonyl (C=O) groups is 2. The normalized spacial score (nSPS) is 15.5. The summed E-state index contributed by atoms with van der Waals surface area (Å²) in [4.78, 5) is 24.0. The molecular formula is C16H24N2O3S. The van der Waals surface area contributed by atoms with Crippen molar-refractivity contribution in [3.05, 3.63) is 22.4 Å². The molecule has 0 aromatic carbocycles. The van der Waals surface area contributed by atoms with E-state index >= 15 is 0 Å². The molecule has 1 heterocycles. The average Bonchev–Trinajstić information content (AvgIpc) is 3.08. The summed E-state index contributed by atoms with van der Waals surface area (Å²) in [6.45, 7) is 1.25. The lowest BCUT2D eigenvalue weighted by Crippen LogP contribution is -2.33. The van der Waals surface area contributed by atoms with Crippen LogP contribution in [-0.4, -0.2) is 37.6 Å². The lowest BCUT2D eigenvalue weighted by atomic mass is 9.98. The predicted molar refractivity (Wildman–Crippen MR) is 87.1 cm³/mol. The molecule has 2 rings (SSSR count). The van der Waals surface area contributed by atoms with E-state index in [-0.39, 0.29) is 24.5 Å². The molecule has 122 valence electrons. The van der Waals surface area contributed by atoms with Crippen molar-refractivity contribution in [3.63, 3.8) is 0 Å². The van der Waals surface area contributed by atoms with Gasteiger partial charge in [-0.3, -0.25) is 9.59 Å². The van der Waals surface area contributed by atoms with Gasteiger partial charge in [-0.15, -0.1) is 11.3 Å². The Hall–Kier alpha value is -1.40. The molecule has 1 aliphatic carbocycles. The van der Waals surface area contributed by atoms with Gasteiger partial charge in [0.25, 0.3) is 5.91 Å². The quantitative estimate of drug-likeness (QED) is 0.721. The Morgan fingerprint density at radius 3 is 2.68 bits per heavy atom. The van der Waals surface area contributed by atoms with Gasteiger partial charge >= 0.3 is 0 Å². The first kappa shape index (κ1) is 17.0. The van der Waals surface area contributed by atoms with E-state index in [0.717, 1.165) is 12.8 Å². The minimum atomic E-state index is -0.0739. The Bertz CT molecular complexity index is 456. The number of hydrogen-bond donors (Lipinski definition) is 2. The van der Waals surface area contributed by atoms with Gasteiger partial charge in [0, 0.05) is 13.1 Å². The van der Waals surface area contributed by atoms with Crippen LogP contribution in [0.1, 0.15) is 48.2 Å². The van der Waals surface area contributed by atoms with Crippen LogP contribution in [0.3, 0.4) is 0 Å². The highest BCUT2D eigenvalue weighted by molar-refractivity contribution is 7.12. The van der Waals surface area contributed by atoms with E-state index in [1.54, 1.807) is 6.07 Å². The molecule has 1 saturated carbocycles. The maximum Gasteiger partial charge on any atom is 0.261 e. The van der Waals surface area contributed by atoms with Gasteiger partial charge < -0.3 is 15.4 Å². The largest absolute Gasteiger partial charge is 0.368 e. The van der Waals surface area contributed by atoms with Gasteiger partial charge in [0.15, 0.2) is 0 Å². The van der Waals surface area contributed by atoms with Gasteiger partial charge in [-0.2, -0.15) is 0 Å². The van der Waals surface area contributed by atoms with Crippen LogP contribution in [0.5, 0.6) is 0 Å². The molecule has 1 aliphatic rings. The van der Waals surface area contributed by atoms with Crippen molar-refractivity contribution in [1.82, 2.24) is 10.6 Å². The van der Waals surface area contributed by atoms with Gasteiger partial charge in [0.2, 0.25) is 5.91 Å². The molecule has 2 N–H and O–H groups in total. The first-order valence-electron chi connectivity index (χ1n) is 7.95. The van der Waals surface area contributed by atoms with E-state index in [9.17, 15) is 9.59 Å². The summed E-state index contributed by atoms with van der Waals surface area (Å²) in [5.41, 5.74) is 0. The second-order valence-electron chi connectivity index (χ2n) is 5.51. The summed E-state index contributed by atoms with van der Waals surface area (Å²) in [7, 11) is 0. The molecule has 0 bridgehead atoms. The minimum Gasteiger partial charge on any atom is -0.368 e. The van der Waals surface area contributed by atoms with Gasteiger partial charge in [0.05, 0.1) is 11.0 Å². The summed E-state index contributed by atoms with van der Waals surface area (Å²) in [5.74, 6) is -0.128. The molecule has 6 heteroatoms. The van der Waals surface area contributed by atoms with Crippen LogP contribution in [0.2, 0.25) is 0 Å². The van der Waals surface area contributed by atoms with Crippen molar-refractivity contribution in [2.75, 3.05) is 19.7 Å². The molecule has 0 aliphatic heterocycles. The van der Waals surface area contributed by atoms with Crippen LogP contribution in [0.15, 0.2) is 17.5 Å². The number of ether oxygens (including phenoxy) is 1. The number of hydrogen-bond acceptors (Lipinski definition) is 4. The van der Waals surface area contributed by atoms with E-state index in [0.29, 0.717) is 24.4 Å². The fraction of sp³-hybridized carbons (Fsp3) is 0.625. The van der Waals surface area contributed by atoms with Crippen LogP contribution >= 0.6 is 11.3 Å². The number of carbonyl (C=O) groups excluding carboxylic acids is 2. The Labute approximate surface area is 135 Å². The molecule has 0 radical (unpaired) electrons. The van der Waals surface area contributed by atoms with E-state index in [2.05, 4.69) is 10.6 Å². The van der Waals surface area contributed by atoms with E-state index < -0.39 is 0 Å². The Kier molecular flexibility index (Phi) is 7.39. The van der Waals surface area contributed by atoms with Gasteiger partial charge in [0.1, 0.15) is 6.61 Å². The van der Waals surface area contributed by atoms with Crippen LogP contribution < -0.4 is 10.6 Å². The van der Waals surface area contributed by atoms with Crippen molar-refractivity contribution in [2.45, 2.75) is 44.6 Å². The zero-order chi connectivity index (χ0) is 15.6. The fourth-order valence-corrected chi connectivity index (χ4v) is 3.13. The smallest absolute Gasteiger partial charge is 0.261 e. The summed E-state index contributed by atoms with van der Waals surface area (Å²) in [6, 6.07) is 3.65. The predicted octanol–water partition coefficient (Wildman–Crippen LogP) is 2.33. The molecule has 0 unspecified atom stereocenters. The van der Waals surface area contributed by atoms with Crippen molar-refractivity contribution in [2.24, 2.45) is 0 Å². The molecule has 2 amide bonds. The molecular weight excluding hydrogens is 300 g/mol. The number of nitrogens with one attached hydrogen (secondary N) is 2. The van der Waals surface area contributed by atoms with Gasteiger partial charge in [-0.1, -0.05) is 25.3 Å². The highest BCUT2D eigenvalue weighted by Gasteiger charge is 2.14. The van der Waals surface area contributed by atoms with E-state index in [4.69, 9.17) is 4.74 Å². The molecule has 5 nitrogen and oxygen atoms in total. The number of rotatable bonds is 8. The number of amides is 2. The number of thiophene rings is 1. The van der Waals surface area contributed by atoms with Crippen LogP contribution in [-0.2, 0) is 9.53 Å². The molecule has 1 aromatic rings. The minimum absolute atomic E-state index is 0.0537. The highest BCUT2D eigenvalue weighted by Crippen LogP contribution is 2.19. The maximum absolute atomic E-state index is 11.7. The second kappa shape index (κ2) is 9.58. The van der Waals surface area contributed by atoms with Crippen molar-refractivity contribution in [3.8, 4) is 0 Å². The molecule has 1 fully saturated rings. The van der Waals surface area contributed by atoms with Gasteiger partial charge in [-0.05, 0) is 30.7 Å². The van der Waals surface area contributed by atoms with Crippen molar-refractivity contribution in [1.29, 1.82) is 0 Å². The van der Waals surface area contributed by atoms with Crippen LogP contribution in [0.4, 0.5) is 0 Å². The highest BCUT2D eigenvalue weighted by atomic mass is 32.1. The van der Waals surface area contributed by atoms with Crippen LogP contribution in [0.25, 0.3) is 0 Å². The molecule has 0 spiro atoms. The summed E-state index contributed by atoms with van der Waals surface area (Å²) < 4.78 is 5.61. The summed E-state index contributed by atoms with van der Waals surface area (Å²) in [5, 5.41) is 7.53.